The lowest BCUT2D eigenvalue weighted by Crippen LogP contribution is -2.28. The lowest BCUT2D eigenvalue weighted by Gasteiger charge is -2.10. The average Bonchev–Trinajstić information content (AvgIpc) is 2.89. The van der Waals surface area contributed by atoms with Crippen LogP contribution in [0, 0.1) is 20.8 Å². The van der Waals surface area contributed by atoms with Crippen LogP contribution in [0.25, 0.3) is 10.9 Å². The van der Waals surface area contributed by atoms with Crippen LogP contribution in [0.4, 0.5) is 0 Å². The van der Waals surface area contributed by atoms with Gasteiger partial charge in [0.1, 0.15) is 17.9 Å². The molecule has 27 heavy (non-hydrogen) atoms. The molecule has 0 radical (unpaired) electrons. The van der Waals surface area contributed by atoms with Crippen molar-refractivity contribution >= 4 is 16.8 Å². The molecule has 3 aromatic rings. The van der Waals surface area contributed by atoms with Gasteiger partial charge in [0.15, 0.2) is 0 Å². The molecule has 1 aromatic carbocycles. The Hall–Kier alpha value is -2.89. The molecule has 142 valence electrons. The summed E-state index contributed by atoms with van der Waals surface area (Å²) in [5.74, 6) is 0.764. The highest BCUT2D eigenvalue weighted by Gasteiger charge is 2.11. The van der Waals surface area contributed by atoms with E-state index in [9.17, 15) is 4.79 Å². The Morgan fingerprint density at radius 2 is 2.00 bits per heavy atom. The lowest BCUT2D eigenvalue weighted by atomic mass is 10.1. The van der Waals surface area contributed by atoms with Crippen LogP contribution < -0.4 is 10.1 Å². The number of hydrogen-bond donors (Lipinski definition) is 1. The topological polar surface area (TPSA) is 69.0 Å². The molecule has 0 atom stereocenters. The summed E-state index contributed by atoms with van der Waals surface area (Å²) in [4.78, 5) is 16.7. The summed E-state index contributed by atoms with van der Waals surface area (Å²) in [5, 5.41) is 8.35. The van der Waals surface area contributed by atoms with E-state index in [0.717, 1.165) is 39.3 Å². The summed E-state index contributed by atoms with van der Waals surface area (Å²) >= 11 is 0. The van der Waals surface area contributed by atoms with Crippen molar-refractivity contribution in [3.8, 4) is 5.75 Å². The molecule has 0 saturated heterocycles. The van der Waals surface area contributed by atoms with Crippen molar-refractivity contribution in [2.75, 3.05) is 13.2 Å². The van der Waals surface area contributed by atoms with Gasteiger partial charge in [0.2, 0.25) is 5.91 Å². The Bertz CT molecular complexity index is 962. The van der Waals surface area contributed by atoms with Crippen LogP contribution in [0.2, 0.25) is 0 Å². The van der Waals surface area contributed by atoms with Crippen molar-refractivity contribution < 1.29 is 9.53 Å². The molecule has 0 spiro atoms. The maximum Gasteiger partial charge on any atom is 0.220 e. The molecule has 3 rings (SSSR count). The Kier molecular flexibility index (Phi) is 5.74. The summed E-state index contributed by atoms with van der Waals surface area (Å²) in [6, 6.07) is 9.89. The number of fused-ring (bicyclic) bond motifs is 1. The summed E-state index contributed by atoms with van der Waals surface area (Å²) in [6.45, 7) is 6.84. The van der Waals surface area contributed by atoms with Crippen LogP contribution in [0.15, 0.2) is 30.3 Å². The summed E-state index contributed by atoms with van der Waals surface area (Å²) in [7, 11) is 1.92. The van der Waals surface area contributed by atoms with Crippen molar-refractivity contribution in [2.45, 2.75) is 33.6 Å². The maximum absolute atomic E-state index is 12.1. The molecular weight excluding hydrogens is 340 g/mol. The van der Waals surface area contributed by atoms with E-state index in [1.807, 2.05) is 62.8 Å². The number of ether oxygens (including phenoxy) is 1. The van der Waals surface area contributed by atoms with Crippen LogP contribution in [0.1, 0.15) is 29.1 Å². The number of rotatable bonds is 7. The highest BCUT2D eigenvalue weighted by Crippen LogP contribution is 2.23. The molecule has 0 fully saturated rings. The molecule has 0 aliphatic carbocycles. The van der Waals surface area contributed by atoms with Gasteiger partial charge in [-0.05, 0) is 44.9 Å². The zero-order valence-electron chi connectivity index (χ0n) is 16.4. The molecule has 0 aliphatic rings. The van der Waals surface area contributed by atoms with Gasteiger partial charge in [0, 0.05) is 30.2 Å². The fraction of sp³-hybridized carbons (Fsp3) is 0.381. The van der Waals surface area contributed by atoms with E-state index in [0.29, 0.717) is 26.0 Å². The smallest absolute Gasteiger partial charge is 0.220 e. The van der Waals surface area contributed by atoms with Crippen molar-refractivity contribution in [1.82, 2.24) is 20.1 Å². The first-order chi connectivity index (χ1) is 13.0. The molecular formula is C21H26N4O2. The predicted octanol–water partition coefficient (Wildman–Crippen LogP) is 3.02. The molecule has 2 aromatic heterocycles. The molecule has 0 aliphatic heterocycles. The van der Waals surface area contributed by atoms with Gasteiger partial charge >= 0.3 is 0 Å². The fourth-order valence-electron chi connectivity index (χ4n) is 3.19. The van der Waals surface area contributed by atoms with Crippen molar-refractivity contribution in [3.05, 3.63) is 53.0 Å². The molecule has 2 heterocycles. The van der Waals surface area contributed by atoms with Gasteiger partial charge in [-0.3, -0.25) is 9.48 Å². The third-order valence-electron chi connectivity index (χ3n) is 4.77. The first-order valence-electron chi connectivity index (χ1n) is 9.20. The Morgan fingerprint density at radius 3 is 2.74 bits per heavy atom. The van der Waals surface area contributed by atoms with Gasteiger partial charge in [-0.25, -0.2) is 4.98 Å². The number of nitrogens with one attached hydrogen (secondary N) is 1. The zero-order valence-corrected chi connectivity index (χ0v) is 16.4. The van der Waals surface area contributed by atoms with E-state index in [-0.39, 0.29) is 5.91 Å². The Labute approximate surface area is 159 Å². The maximum atomic E-state index is 12.1. The number of aryl methyl sites for hydroxylation is 3. The van der Waals surface area contributed by atoms with Crippen LogP contribution in [0.5, 0.6) is 5.75 Å². The van der Waals surface area contributed by atoms with Crippen molar-refractivity contribution in [1.29, 1.82) is 0 Å². The van der Waals surface area contributed by atoms with Gasteiger partial charge < -0.3 is 10.1 Å². The molecule has 1 amide bonds. The predicted molar refractivity (Wildman–Crippen MR) is 106 cm³/mol. The monoisotopic (exact) mass is 366 g/mol. The molecule has 6 heteroatoms. The van der Waals surface area contributed by atoms with E-state index in [2.05, 4.69) is 15.4 Å². The number of hydrogen-bond acceptors (Lipinski definition) is 4. The normalized spacial score (nSPS) is 11.0. The fourth-order valence-corrected chi connectivity index (χ4v) is 3.19. The number of benzene rings is 1. The second-order valence-corrected chi connectivity index (χ2v) is 6.75. The number of aromatic nitrogens is 3. The first kappa shape index (κ1) is 18.9. The van der Waals surface area contributed by atoms with E-state index < -0.39 is 0 Å². The van der Waals surface area contributed by atoms with Crippen molar-refractivity contribution in [2.24, 2.45) is 7.05 Å². The van der Waals surface area contributed by atoms with Gasteiger partial charge in [-0.1, -0.05) is 18.2 Å². The molecule has 6 nitrogen and oxygen atoms in total. The minimum absolute atomic E-state index is 0.0214. The molecule has 0 unspecified atom stereocenters. The van der Waals surface area contributed by atoms with Gasteiger partial charge in [0.05, 0.1) is 12.2 Å². The van der Waals surface area contributed by atoms with E-state index >= 15 is 0 Å². The number of carbonyl (C=O) groups is 1. The quantitative estimate of drug-likeness (QED) is 0.653. The van der Waals surface area contributed by atoms with E-state index in [1.165, 1.54) is 0 Å². The summed E-state index contributed by atoms with van der Waals surface area (Å²) in [6.07, 6.45) is 1.15. The third kappa shape index (κ3) is 4.45. The van der Waals surface area contributed by atoms with Crippen LogP contribution in [-0.4, -0.2) is 33.8 Å². The number of nitrogens with zero attached hydrogens (tertiary/aromatic N) is 3. The van der Waals surface area contributed by atoms with Gasteiger partial charge in [-0.2, -0.15) is 5.10 Å². The standard InChI is InChI=1S/C21H26N4O2/c1-14-8-9-17-6-5-7-19(21(17)23-14)27-13-12-22-20(26)11-10-18-15(2)24-25(4)16(18)3/h5-9H,10-13H2,1-4H3,(H,22,26). The highest BCUT2D eigenvalue weighted by atomic mass is 16.5. The average molecular weight is 366 g/mol. The van der Waals surface area contributed by atoms with E-state index in [4.69, 9.17) is 4.74 Å². The molecule has 1 N–H and O–H groups in total. The van der Waals surface area contributed by atoms with Crippen LogP contribution >= 0.6 is 0 Å². The number of pyridine rings is 1. The van der Waals surface area contributed by atoms with Crippen molar-refractivity contribution in [3.63, 3.8) is 0 Å². The largest absolute Gasteiger partial charge is 0.489 e. The second kappa shape index (κ2) is 8.20. The lowest BCUT2D eigenvalue weighted by molar-refractivity contribution is -0.121. The molecule has 0 saturated carbocycles. The highest BCUT2D eigenvalue weighted by molar-refractivity contribution is 5.84. The SMILES string of the molecule is Cc1ccc2cccc(OCCNC(=O)CCc3c(C)nn(C)c3C)c2n1. The second-order valence-electron chi connectivity index (χ2n) is 6.75. The van der Waals surface area contributed by atoms with E-state index in [1.54, 1.807) is 0 Å². The molecule has 0 bridgehead atoms. The summed E-state index contributed by atoms with van der Waals surface area (Å²) < 4.78 is 7.70. The summed E-state index contributed by atoms with van der Waals surface area (Å²) in [5.41, 5.74) is 5.06. The minimum atomic E-state index is 0.0214. The van der Waals surface area contributed by atoms with Crippen LogP contribution in [-0.2, 0) is 18.3 Å². The van der Waals surface area contributed by atoms with Crippen LogP contribution in [0.3, 0.4) is 0 Å². The first-order valence-corrected chi connectivity index (χ1v) is 9.20. The third-order valence-corrected chi connectivity index (χ3v) is 4.77. The van der Waals surface area contributed by atoms with Gasteiger partial charge in [-0.15, -0.1) is 0 Å². The number of amides is 1. The zero-order chi connectivity index (χ0) is 19.4. The number of carbonyl (C=O) groups excluding carboxylic acids is 1. The minimum Gasteiger partial charge on any atom is -0.489 e. The van der Waals surface area contributed by atoms with Gasteiger partial charge in [0.25, 0.3) is 0 Å². The number of para-hydroxylation sites is 1. The Balaban J connectivity index is 1.48. The Morgan fingerprint density at radius 1 is 1.19 bits per heavy atom.